The predicted molar refractivity (Wildman–Crippen MR) is 82.1 cm³/mol. The van der Waals surface area contributed by atoms with Gasteiger partial charge in [0.25, 0.3) is 0 Å². The van der Waals surface area contributed by atoms with Gasteiger partial charge in [-0.05, 0) is 24.5 Å². The van der Waals surface area contributed by atoms with E-state index in [9.17, 15) is 5.11 Å². The molecule has 0 radical (unpaired) electrons. The van der Waals surface area contributed by atoms with Gasteiger partial charge in [0.05, 0.1) is 0 Å². The van der Waals surface area contributed by atoms with Gasteiger partial charge in [0.1, 0.15) is 17.1 Å². The Morgan fingerprint density at radius 2 is 1.75 bits per heavy atom. The number of phenols is 1. The molecular weight excluding hydrogens is 248 g/mol. The first-order valence-corrected chi connectivity index (χ1v) is 6.89. The molecular formula is C18H18O2. The van der Waals surface area contributed by atoms with E-state index in [1.165, 1.54) is 0 Å². The predicted octanol–water partition coefficient (Wildman–Crippen LogP) is 5.24. The fourth-order valence-corrected chi connectivity index (χ4v) is 2.60. The number of hydrogen-bond acceptors (Lipinski definition) is 2. The van der Waals surface area contributed by atoms with Gasteiger partial charge in [-0.2, -0.15) is 0 Å². The van der Waals surface area contributed by atoms with Crippen molar-refractivity contribution in [2.75, 3.05) is 0 Å². The van der Waals surface area contributed by atoms with Crippen molar-refractivity contribution in [3.8, 4) is 17.1 Å². The van der Waals surface area contributed by atoms with Crippen molar-refractivity contribution in [3.05, 3.63) is 53.6 Å². The summed E-state index contributed by atoms with van der Waals surface area (Å²) in [7, 11) is 0. The van der Waals surface area contributed by atoms with E-state index in [0.29, 0.717) is 5.75 Å². The Hall–Kier alpha value is -2.22. The summed E-state index contributed by atoms with van der Waals surface area (Å²) >= 11 is 0. The van der Waals surface area contributed by atoms with Crippen LogP contribution in [0.1, 0.15) is 30.9 Å². The van der Waals surface area contributed by atoms with Gasteiger partial charge in [0.2, 0.25) is 0 Å². The standard InChI is InChI=1S/C18H18O2/c1-11(2)14-9-15-12(3)18(13-7-5-4-6-8-13)20-17(15)10-16(14)19/h4-11,19H,1-3H3. The molecule has 0 aliphatic rings. The largest absolute Gasteiger partial charge is 0.508 e. The molecule has 0 amide bonds. The normalized spacial score (nSPS) is 11.4. The Labute approximate surface area is 118 Å². The zero-order valence-electron chi connectivity index (χ0n) is 12.0. The van der Waals surface area contributed by atoms with Crippen LogP contribution in [0, 0.1) is 6.92 Å². The zero-order chi connectivity index (χ0) is 14.3. The minimum Gasteiger partial charge on any atom is -0.508 e. The molecule has 102 valence electrons. The van der Waals surface area contributed by atoms with E-state index < -0.39 is 0 Å². The monoisotopic (exact) mass is 266 g/mol. The fraction of sp³-hybridized carbons (Fsp3) is 0.222. The highest BCUT2D eigenvalue weighted by Crippen LogP contribution is 2.37. The van der Waals surface area contributed by atoms with Crippen LogP contribution in [0.3, 0.4) is 0 Å². The summed E-state index contributed by atoms with van der Waals surface area (Å²) in [5.74, 6) is 1.47. The molecule has 1 N–H and O–H groups in total. The Morgan fingerprint density at radius 3 is 2.40 bits per heavy atom. The van der Waals surface area contributed by atoms with Crippen molar-refractivity contribution >= 4 is 11.0 Å². The summed E-state index contributed by atoms with van der Waals surface area (Å²) in [4.78, 5) is 0. The molecule has 20 heavy (non-hydrogen) atoms. The summed E-state index contributed by atoms with van der Waals surface area (Å²) in [6, 6.07) is 13.8. The number of aryl methyl sites for hydroxylation is 1. The third-order valence-electron chi connectivity index (χ3n) is 3.74. The highest BCUT2D eigenvalue weighted by Gasteiger charge is 2.16. The third-order valence-corrected chi connectivity index (χ3v) is 3.74. The minimum absolute atomic E-state index is 0.286. The molecule has 0 spiro atoms. The second kappa shape index (κ2) is 4.71. The number of phenolic OH excluding ortho intramolecular Hbond substituents is 1. The third kappa shape index (κ3) is 1.97. The molecule has 2 nitrogen and oxygen atoms in total. The van der Waals surface area contributed by atoms with E-state index in [4.69, 9.17) is 4.42 Å². The number of benzene rings is 2. The average molecular weight is 266 g/mol. The summed E-state index contributed by atoms with van der Waals surface area (Å²) in [5.41, 5.74) is 3.88. The van der Waals surface area contributed by atoms with Crippen LogP contribution in [0.25, 0.3) is 22.3 Å². The van der Waals surface area contributed by atoms with Gasteiger partial charge >= 0.3 is 0 Å². The first kappa shape index (κ1) is 12.8. The fourth-order valence-electron chi connectivity index (χ4n) is 2.60. The molecule has 1 aromatic heterocycles. The maximum absolute atomic E-state index is 10.1. The summed E-state index contributed by atoms with van der Waals surface area (Å²) in [5, 5.41) is 11.2. The maximum Gasteiger partial charge on any atom is 0.138 e. The van der Waals surface area contributed by atoms with Crippen LogP contribution in [0.15, 0.2) is 46.9 Å². The average Bonchev–Trinajstić information content (AvgIpc) is 2.75. The van der Waals surface area contributed by atoms with Crippen molar-refractivity contribution in [2.24, 2.45) is 0 Å². The van der Waals surface area contributed by atoms with Crippen LogP contribution in [-0.2, 0) is 0 Å². The van der Waals surface area contributed by atoms with Crippen molar-refractivity contribution in [3.63, 3.8) is 0 Å². The van der Waals surface area contributed by atoms with Crippen molar-refractivity contribution in [1.82, 2.24) is 0 Å². The van der Waals surface area contributed by atoms with Gasteiger partial charge in [-0.1, -0.05) is 44.2 Å². The van der Waals surface area contributed by atoms with E-state index in [0.717, 1.165) is 33.4 Å². The highest BCUT2D eigenvalue weighted by molar-refractivity contribution is 5.89. The lowest BCUT2D eigenvalue weighted by molar-refractivity contribution is 0.464. The molecule has 0 unspecified atom stereocenters. The molecule has 0 fully saturated rings. The van der Waals surface area contributed by atoms with Gasteiger partial charge in [-0.25, -0.2) is 0 Å². The number of furan rings is 1. The van der Waals surface area contributed by atoms with Gasteiger partial charge < -0.3 is 9.52 Å². The molecule has 2 heteroatoms. The molecule has 3 rings (SSSR count). The van der Waals surface area contributed by atoms with Crippen LogP contribution in [0.4, 0.5) is 0 Å². The lowest BCUT2D eigenvalue weighted by Crippen LogP contribution is -1.87. The Morgan fingerprint density at radius 1 is 1.05 bits per heavy atom. The Kier molecular flexibility index (Phi) is 3.01. The summed E-state index contributed by atoms with van der Waals surface area (Å²) < 4.78 is 5.94. The first-order valence-electron chi connectivity index (χ1n) is 6.89. The molecule has 0 aliphatic carbocycles. The van der Waals surface area contributed by atoms with Crippen LogP contribution < -0.4 is 0 Å². The summed E-state index contributed by atoms with van der Waals surface area (Å²) in [6.07, 6.45) is 0. The molecule has 3 aromatic rings. The second-order valence-corrected chi connectivity index (χ2v) is 5.48. The number of hydrogen-bond donors (Lipinski definition) is 1. The van der Waals surface area contributed by atoms with Crippen molar-refractivity contribution < 1.29 is 9.52 Å². The minimum atomic E-state index is 0.286. The molecule has 2 aromatic carbocycles. The van der Waals surface area contributed by atoms with E-state index in [1.807, 2.05) is 36.4 Å². The highest BCUT2D eigenvalue weighted by atomic mass is 16.3. The van der Waals surface area contributed by atoms with Gasteiger partial charge in [0.15, 0.2) is 0 Å². The lowest BCUT2D eigenvalue weighted by atomic mass is 9.98. The van der Waals surface area contributed by atoms with Gasteiger partial charge in [-0.3, -0.25) is 0 Å². The topological polar surface area (TPSA) is 33.4 Å². The SMILES string of the molecule is Cc1c(-c2ccccc2)oc2cc(O)c(C(C)C)cc12. The molecule has 0 saturated heterocycles. The van der Waals surface area contributed by atoms with E-state index >= 15 is 0 Å². The van der Waals surface area contributed by atoms with Crippen molar-refractivity contribution in [1.29, 1.82) is 0 Å². The first-order chi connectivity index (χ1) is 9.58. The number of rotatable bonds is 2. The Bertz CT molecular complexity index is 752. The molecule has 0 bridgehead atoms. The van der Waals surface area contributed by atoms with Crippen molar-refractivity contribution in [2.45, 2.75) is 26.7 Å². The molecule has 0 saturated carbocycles. The molecule has 0 aliphatic heterocycles. The van der Waals surface area contributed by atoms with E-state index in [2.05, 4.69) is 20.8 Å². The smallest absolute Gasteiger partial charge is 0.138 e. The Balaban J connectivity index is 2.25. The van der Waals surface area contributed by atoms with Gasteiger partial charge in [-0.15, -0.1) is 0 Å². The lowest BCUT2D eigenvalue weighted by Gasteiger charge is -2.07. The van der Waals surface area contributed by atoms with Crippen LogP contribution in [0.5, 0.6) is 5.75 Å². The second-order valence-electron chi connectivity index (χ2n) is 5.48. The quantitative estimate of drug-likeness (QED) is 0.688. The van der Waals surface area contributed by atoms with E-state index in [1.54, 1.807) is 6.07 Å². The van der Waals surface area contributed by atoms with E-state index in [-0.39, 0.29) is 5.92 Å². The zero-order valence-corrected chi connectivity index (χ0v) is 12.0. The number of aromatic hydroxyl groups is 1. The summed E-state index contributed by atoms with van der Waals surface area (Å²) in [6.45, 7) is 6.22. The molecule has 0 atom stereocenters. The number of fused-ring (bicyclic) bond motifs is 1. The molecule has 1 heterocycles. The van der Waals surface area contributed by atoms with Crippen LogP contribution in [-0.4, -0.2) is 5.11 Å². The van der Waals surface area contributed by atoms with Crippen LogP contribution >= 0.6 is 0 Å². The van der Waals surface area contributed by atoms with Gasteiger partial charge in [0, 0.05) is 22.6 Å². The maximum atomic E-state index is 10.1. The van der Waals surface area contributed by atoms with Crippen LogP contribution in [0.2, 0.25) is 0 Å².